The van der Waals surface area contributed by atoms with Gasteiger partial charge in [0.1, 0.15) is 6.04 Å². The molecule has 8 nitrogen and oxygen atoms in total. The van der Waals surface area contributed by atoms with Crippen molar-refractivity contribution >= 4 is 11.9 Å². The predicted molar refractivity (Wildman–Crippen MR) is 68.4 cm³/mol. The average molecular weight is 272 g/mol. The van der Waals surface area contributed by atoms with Crippen LogP contribution in [0.4, 0.5) is 0 Å². The van der Waals surface area contributed by atoms with Crippen molar-refractivity contribution in [3.05, 3.63) is 18.2 Å². The topological polar surface area (TPSA) is 155 Å². The fourth-order valence-corrected chi connectivity index (χ4v) is 1.14. The van der Waals surface area contributed by atoms with Crippen LogP contribution in [0.1, 0.15) is 25.0 Å². The van der Waals surface area contributed by atoms with Crippen LogP contribution in [0.2, 0.25) is 0 Å². The first-order valence-electron chi connectivity index (χ1n) is 5.85. The van der Waals surface area contributed by atoms with Gasteiger partial charge in [0.15, 0.2) is 0 Å². The average Bonchev–Trinajstić information content (AvgIpc) is 2.82. The number of aromatic nitrogens is 2. The lowest BCUT2D eigenvalue weighted by Crippen LogP contribution is -2.32. The Kier molecular flexibility index (Phi) is 9.02. The van der Waals surface area contributed by atoms with Crippen LogP contribution in [0, 0.1) is 0 Å². The molecule has 0 aliphatic carbocycles. The Morgan fingerprint density at radius 3 is 2.47 bits per heavy atom. The summed E-state index contributed by atoms with van der Waals surface area (Å²) in [5, 5.41) is 16.5. The first-order valence-corrected chi connectivity index (χ1v) is 5.85. The molecule has 0 saturated carbocycles. The molecule has 0 aromatic carbocycles. The molecule has 1 heterocycles. The molecular formula is C11H20N4O4. The number of imidazole rings is 1. The zero-order chi connectivity index (χ0) is 14.7. The minimum Gasteiger partial charge on any atom is -0.481 e. The van der Waals surface area contributed by atoms with Crippen LogP contribution in [0.3, 0.4) is 0 Å². The number of aromatic amines is 1. The molecule has 0 fully saturated rings. The van der Waals surface area contributed by atoms with Crippen LogP contribution in [-0.2, 0) is 16.0 Å². The lowest BCUT2D eigenvalue weighted by molar-refractivity contribution is -0.139. The second-order valence-electron chi connectivity index (χ2n) is 3.85. The highest BCUT2D eigenvalue weighted by Gasteiger charge is 2.12. The molecule has 8 heteroatoms. The van der Waals surface area contributed by atoms with Crippen molar-refractivity contribution in [2.24, 2.45) is 11.5 Å². The molecule has 7 N–H and O–H groups in total. The molecule has 19 heavy (non-hydrogen) atoms. The van der Waals surface area contributed by atoms with Crippen LogP contribution in [0.15, 0.2) is 12.5 Å². The van der Waals surface area contributed by atoms with E-state index in [4.69, 9.17) is 21.7 Å². The van der Waals surface area contributed by atoms with E-state index in [0.717, 1.165) is 6.42 Å². The first-order chi connectivity index (χ1) is 8.97. The van der Waals surface area contributed by atoms with Gasteiger partial charge in [-0.15, -0.1) is 0 Å². The smallest absolute Gasteiger partial charge is 0.320 e. The summed E-state index contributed by atoms with van der Waals surface area (Å²) in [7, 11) is 0. The largest absolute Gasteiger partial charge is 0.481 e. The van der Waals surface area contributed by atoms with Gasteiger partial charge < -0.3 is 26.7 Å². The van der Waals surface area contributed by atoms with E-state index >= 15 is 0 Å². The van der Waals surface area contributed by atoms with Crippen molar-refractivity contribution in [2.75, 3.05) is 6.54 Å². The van der Waals surface area contributed by atoms with E-state index in [2.05, 4.69) is 9.97 Å². The third kappa shape index (κ3) is 9.74. The Morgan fingerprint density at radius 2 is 2.05 bits per heavy atom. The molecular weight excluding hydrogens is 252 g/mol. The molecule has 108 valence electrons. The normalized spacial score (nSPS) is 11.3. The first kappa shape index (κ1) is 17.1. The summed E-state index contributed by atoms with van der Waals surface area (Å²) in [5.41, 5.74) is 11.0. The van der Waals surface area contributed by atoms with Crippen LogP contribution < -0.4 is 11.5 Å². The van der Waals surface area contributed by atoms with Gasteiger partial charge in [0.25, 0.3) is 0 Å². The van der Waals surface area contributed by atoms with E-state index < -0.39 is 18.0 Å². The molecule has 1 aromatic rings. The van der Waals surface area contributed by atoms with Gasteiger partial charge in [0.05, 0.1) is 12.0 Å². The summed E-state index contributed by atoms with van der Waals surface area (Å²) in [5.74, 6) is -1.74. The third-order valence-electron chi connectivity index (χ3n) is 2.15. The highest BCUT2D eigenvalue weighted by molar-refractivity contribution is 5.73. The minimum absolute atomic E-state index is 0.247. The van der Waals surface area contributed by atoms with Gasteiger partial charge in [-0.2, -0.15) is 0 Å². The summed E-state index contributed by atoms with van der Waals surface area (Å²) >= 11 is 0. The molecule has 0 radical (unpaired) electrons. The zero-order valence-corrected chi connectivity index (χ0v) is 10.6. The molecule has 1 rings (SSSR count). The standard InChI is InChI=1S/C6H9N3O2.C5H11NO2/c7-5(6(10)11)1-4-2-8-3-9-4;6-4-2-1-3-5(7)8/h2-3,5H,1,7H2,(H,8,9)(H,10,11);1-4,6H2,(H,7,8). The van der Waals surface area contributed by atoms with Crippen LogP contribution in [-0.4, -0.2) is 44.7 Å². The third-order valence-corrected chi connectivity index (χ3v) is 2.15. The van der Waals surface area contributed by atoms with Crippen molar-refractivity contribution in [1.29, 1.82) is 0 Å². The van der Waals surface area contributed by atoms with E-state index in [9.17, 15) is 9.59 Å². The summed E-state index contributed by atoms with van der Waals surface area (Å²) in [6.07, 6.45) is 5.14. The monoisotopic (exact) mass is 272 g/mol. The minimum atomic E-state index is -1.01. The number of hydrogen-bond donors (Lipinski definition) is 5. The maximum Gasteiger partial charge on any atom is 0.320 e. The number of nitrogens with one attached hydrogen (secondary N) is 1. The van der Waals surface area contributed by atoms with E-state index in [-0.39, 0.29) is 12.8 Å². The molecule has 0 amide bonds. The van der Waals surface area contributed by atoms with Gasteiger partial charge in [-0.25, -0.2) is 4.98 Å². The van der Waals surface area contributed by atoms with Crippen LogP contribution >= 0.6 is 0 Å². The van der Waals surface area contributed by atoms with Gasteiger partial charge in [0.2, 0.25) is 0 Å². The molecule has 1 unspecified atom stereocenters. The number of unbranched alkanes of at least 4 members (excludes halogenated alkanes) is 1. The fourth-order valence-electron chi connectivity index (χ4n) is 1.14. The predicted octanol–water partition coefficient (Wildman–Crippen LogP) is -0.436. The number of hydrogen-bond acceptors (Lipinski definition) is 5. The zero-order valence-electron chi connectivity index (χ0n) is 10.6. The lowest BCUT2D eigenvalue weighted by Gasteiger charge is -2.01. The molecule has 1 aromatic heterocycles. The van der Waals surface area contributed by atoms with Crippen molar-refractivity contribution in [1.82, 2.24) is 9.97 Å². The number of nitrogens with two attached hydrogens (primary N) is 2. The number of carboxylic acid groups (broad SMARTS) is 2. The lowest BCUT2D eigenvalue weighted by atomic mass is 10.2. The summed E-state index contributed by atoms with van der Waals surface area (Å²) in [4.78, 5) is 26.6. The number of carboxylic acids is 2. The Morgan fingerprint density at radius 1 is 1.37 bits per heavy atom. The Balaban J connectivity index is 0.000000362. The second kappa shape index (κ2) is 10.0. The molecule has 1 atom stereocenters. The summed E-state index contributed by atoms with van der Waals surface area (Å²) in [6, 6.07) is -0.863. The number of nitrogens with zero attached hydrogens (tertiary/aromatic N) is 1. The second-order valence-corrected chi connectivity index (χ2v) is 3.85. The van der Waals surface area contributed by atoms with Gasteiger partial charge in [-0.3, -0.25) is 9.59 Å². The van der Waals surface area contributed by atoms with E-state index in [1.54, 1.807) is 6.20 Å². The molecule has 0 spiro atoms. The Labute approximate surface area is 110 Å². The van der Waals surface area contributed by atoms with Gasteiger partial charge in [-0.1, -0.05) is 0 Å². The van der Waals surface area contributed by atoms with Crippen molar-refractivity contribution in [3.63, 3.8) is 0 Å². The van der Waals surface area contributed by atoms with Gasteiger partial charge in [0, 0.05) is 19.0 Å². The fraction of sp³-hybridized carbons (Fsp3) is 0.545. The number of rotatable bonds is 7. The highest BCUT2D eigenvalue weighted by Crippen LogP contribution is 1.95. The summed E-state index contributed by atoms with van der Waals surface area (Å²) in [6.45, 7) is 0.591. The maximum atomic E-state index is 10.3. The van der Waals surface area contributed by atoms with E-state index in [1.165, 1.54) is 6.33 Å². The number of H-pyrrole nitrogens is 1. The van der Waals surface area contributed by atoms with Gasteiger partial charge >= 0.3 is 11.9 Å². The van der Waals surface area contributed by atoms with Crippen molar-refractivity contribution in [3.8, 4) is 0 Å². The Hall–Kier alpha value is -1.93. The molecule has 0 saturated heterocycles. The molecule has 0 aliphatic heterocycles. The number of carbonyl (C=O) groups is 2. The maximum absolute atomic E-state index is 10.3. The van der Waals surface area contributed by atoms with E-state index in [0.29, 0.717) is 18.7 Å². The Bertz CT molecular complexity index is 367. The SMILES string of the molecule is NC(Cc1c[nH]cn1)C(=O)O.NCCCCC(=O)O. The quantitative estimate of drug-likeness (QED) is 0.421. The highest BCUT2D eigenvalue weighted by atomic mass is 16.4. The summed E-state index contributed by atoms with van der Waals surface area (Å²) < 4.78 is 0. The molecule has 0 aliphatic rings. The van der Waals surface area contributed by atoms with Crippen LogP contribution in [0.25, 0.3) is 0 Å². The van der Waals surface area contributed by atoms with Gasteiger partial charge in [-0.05, 0) is 19.4 Å². The van der Waals surface area contributed by atoms with Crippen molar-refractivity contribution in [2.45, 2.75) is 31.7 Å². The number of aliphatic carboxylic acids is 2. The van der Waals surface area contributed by atoms with E-state index in [1.807, 2.05) is 0 Å². The van der Waals surface area contributed by atoms with Crippen molar-refractivity contribution < 1.29 is 19.8 Å². The van der Waals surface area contributed by atoms with Crippen LogP contribution in [0.5, 0.6) is 0 Å². The molecule has 0 bridgehead atoms.